The van der Waals surface area contributed by atoms with Gasteiger partial charge in [0.25, 0.3) is 0 Å². The number of rotatable bonds is 7. The maximum Gasteiger partial charge on any atom is 0.159 e. The summed E-state index contributed by atoms with van der Waals surface area (Å²) in [5, 5.41) is 6.07. The molecular weight excluding hydrogens is 669 g/mol. The van der Waals surface area contributed by atoms with Gasteiger partial charge in [-0.3, -0.25) is 0 Å². The highest BCUT2D eigenvalue weighted by atomic mass is 15.2. The molecule has 1 aromatic heterocycles. The number of nitrogens with zero attached hydrogens (tertiary/aromatic N) is 3. The molecule has 0 saturated carbocycles. The molecule has 10 rings (SSSR count). The van der Waals surface area contributed by atoms with Crippen molar-refractivity contribution in [2.24, 2.45) is 9.98 Å². The smallest absolute Gasteiger partial charge is 0.159 e. The zero-order valence-corrected chi connectivity index (χ0v) is 30.0. The van der Waals surface area contributed by atoms with Crippen molar-refractivity contribution in [3.63, 3.8) is 0 Å². The van der Waals surface area contributed by atoms with Crippen LogP contribution in [0.1, 0.15) is 22.9 Å². The van der Waals surface area contributed by atoms with Crippen molar-refractivity contribution < 1.29 is 0 Å². The van der Waals surface area contributed by atoms with Gasteiger partial charge in [0.2, 0.25) is 0 Å². The molecule has 2 heterocycles. The molecular formula is C51H36N4. The number of fused-ring (bicyclic) bond motifs is 3. The van der Waals surface area contributed by atoms with Crippen molar-refractivity contribution in [3.05, 3.63) is 223 Å². The lowest BCUT2D eigenvalue weighted by atomic mass is 9.97. The van der Waals surface area contributed by atoms with Crippen LogP contribution in [0.3, 0.4) is 0 Å². The summed E-state index contributed by atoms with van der Waals surface area (Å²) >= 11 is 0. The SMILES string of the molecule is c1ccc(C2=NC(c3cccc(-n4c5ccc(-c6ccccc6)cc5c5cc(-c6cccc(-c7ccccc7)c6)ccc54)c3)NC(c3ccccc3)=N2)cc1. The molecule has 0 aliphatic carbocycles. The van der Waals surface area contributed by atoms with Crippen molar-refractivity contribution >= 4 is 33.5 Å². The van der Waals surface area contributed by atoms with Crippen LogP contribution in [0.25, 0.3) is 60.9 Å². The number of hydrogen-bond acceptors (Lipinski definition) is 3. The Balaban J connectivity index is 1.12. The van der Waals surface area contributed by atoms with E-state index in [2.05, 4.69) is 180 Å². The average molecular weight is 705 g/mol. The predicted molar refractivity (Wildman–Crippen MR) is 229 cm³/mol. The molecule has 260 valence electrons. The van der Waals surface area contributed by atoms with Gasteiger partial charge in [-0.2, -0.15) is 0 Å². The van der Waals surface area contributed by atoms with Gasteiger partial charge in [0.05, 0.1) is 11.0 Å². The zero-order valence-electron chi connectivity index (χ0n) is 30.0. The van der Waals surface area contributed by atoms with E-state index in [9.17, 15) is 0 Å². The van der Waals surface area contributed by atoms with E-state index in [1.54, 1.807) is 0 Å². The van der Waals surface area contributed by atoms with Gasteiger partial charge in [-0.15, -0.1) is 0 Å². The number of hydrogen-bond donors (Lipinski definition) is 1. The van der Waals surface area contributed by atoms with E-state index in [1.807, 2.05) is 36.4 Å². The van der Waals surface area contributed by atoms with Gasteiger partial charge in [-0.25, -0.2) is 9.98 Å². The monoisotopic (exact) mass is 704 g/mol. The molecule has 55 heavy (non-hydrogen) atoms. The highest BCUT2D eigenvalue weighted by Crippen LogP contribution is 2.38. The Morgan fingerprint density at radius 1 is 0.382 bits per heavy atom. The van der Waals surface area contributed by atoms with Crippen molar-refractivity contribution in [3.8, 4) is 39.1 Å². The summed E-state index contributed by atoms with van der Waals surface area (Å²) in [6, 6.07) is 73.1. The third-order valence-corrected chi connectivity index (χ3v) is 10.4. The summed E-state index contributed by atoms with van der Waals surface area (Å²) in [5.41, 5.74) is 13.6. The first-order chi connectivity index (χ1) is 27.2. The summed E-state index contributed by atoms with van der Waals surface area (Å²) < 4.78 is 2.39. The van der Waals surface area contributed by atoms with Gasteiger partial charge >= 0.3 is 0 Å². The molecule has 0 amide bonds. The highest BCUT2D eigenvalue weighted by molar-refractivity contribution is 6.13. The van der Waals surface area contributed by atoms with Gasteiger partial charge in [-0.05, 0) is 81.4 Å². The van der Waals surface area contributed by atoms with Gasteiger partial charge in [0, 0.05) is 27.6 Å². The number of benzene rings is 8. The van der Waals surface area contributed by atoms with Crippen molar-refractivity contribution in [2.75, 3.05) is 0 Å². The quantitative estimate of drug-likeness (QED) is 0.176. The summed E-state index contributed by atoms with van der Waals surface area (Å²) in [7, 11) is 0. The van der Waals surface area contributed by atoms with E-state index in [-0.39, 0.29) is 6.17 Å². The Morgan fingerprint density at radius 3 is 1.45 bits per heavy atom. The molecule has 1 N–H and O–H groups in total. The first kappa shape index (κ1) is 32.4. The topological polar surface area (TPSA) is 41.7 Å². The minimum atomic E-state index is -0.330. The lowest BCUT2D eigenvalue weighted by Gasteiger charge is -2.24. The van der Waals surface area contributed by atoms with Crippen molar-refractivity contribution in [2.45, 2.75) is 6.17 Å². The molecule has 1 atom stereocenters. The fourth-order valence-corrected chi connectivity index (χ4v) is 7.71. The molecule has 0 radical (unpaired) electrons. The molecule has 0 saturated heterocycles. The standard InChI is InChI=1S/C51H36N4/c1-5-15-35(16-6-1)39-23-13-24-40(31-39)42-28-30-48-46(34-42)45-33-41(36-17-7-2-8-18-36)27-29-47(45)55(48)44-26-14-25-43(32-44)51-53-49(37-19-9-3-10-20-37)52-50(54-51)38-21-11-4-12-22-38/h1-34,51H,(H,52,53,54). The van der Waals surface area contributed by atoms with Crippen molar-refractivity contribution in [1.82, 2.24) is 9.88 Å². The molecule has 1 aliphatic rings. The maximum absolute atomic E-state index is 5.17. The molecule has 4 nitrogen and oxygen atoms in total. The molecule has 0 fully saturated rings. The van der Waals surface area contributed by atoms with E-state index in [4.69, 9.17) is 9.98 Å². The third-order valence-electron chi connectivity index (χ3n) is 10.4. The maximum atomic E-state index is 5.17. The van der Waals surface area contributed by atoms with Crippen LogP contribution in [0.2, 0.25) is 0 Å². The van der Waals surface area contributed by atoms with Crippen LogP contribution in [-0.4, -0.2) is 16.2 Å². The molecule has 9 aromatic rings. The Bertz CT molecular complexity index is 2870. The van der Waals surface area contributed by atoms with Crippen molar-refractivity contribution in [1.29, 1.82) is 0 Å². The summed E-state index contributed by atoms with van der Waals surface area (Å²) in [6.07, 6.45) is -0.330. The average Bonchev–Trinajstić information content (AvgIpc) is 3.60. The van der Waals surface area contributed by atoms with Gasteiger partial charge in [0.15, 0.2) is 5.84 Å². The van der Waals surface area contributed by atoms with E-state index in [0.717, 1.165) is 39.2 Å². The van der Waals surface area contributed by atoms with Gasteiger partial charge < -0.3 is 9.88 Å². The number of nitrogens with one attached hydrogen (secondary N) is 1. The highest BCUT2D eigenvalue weighted by Gasteiger charge is 2.22. The fraction of sp³-hybridized carbons (Fsp3) is 0.0196. The van der Waals surface area contributed by atoms with E-state index in [1.165, 1.54) is 44.2 Å². The third kappa shape index (κ3) is 6.20. The normalized spacial score (nSPS) is 14.0. The fourth-order valence-electron chi connectivity index (χ4n) is 7.71. The van der Waals surface area contributed by atoms with Crippen LogP contribution in [0.5, 0.6) is 0 Å². The van der Waals surface area contributed by atoms with Gasteiger partial charge in [0.1, 0.15) is 12.0 Å². The minimum absolute atomic E-state index is 0.330. The minimum Gasteiger partial charge on any atom is -0.344 e. The number of aromatic nitrogens is 1. The second-order valence-corrected chi connectivity index (χ2v) is 13.9. The molecule has 1 unspecified atom stereocenters. The Labute approximate surface area is 320 Å². The molecule has 8 aromatic carbocycles. The largest absolute Gasteiger partial charge is 0.344 e. The zero-order chi connectivity index (χ0) is 36.6. The number of aliphatic imine (C=N–C) groups is 2. The Morgan fingerprint density at radius 2 is 0.855 bits per heavy atom. The Hall–Kier alpha value is -7.30. The summed E-state index contributed by atoms with van der Waals surface area (Å²) in [5.74, 6) is 1.52. The summed E-state index contributed by atoms with van der Waals surface area (Å²) in [4.78, 5) is 10.2. The van der Waals surface area contributed by atoms with Crippen LogP contribution < -0.4 is 5.32 Å². The first-order valence-electron chi connectivity index (χ1n) is 18.7. The van der Waals surface area contributed by atoms with E-state index < -0.39 is 0 Å². The van der Waals surface area contributed by atoms with Crippen LogP contribution in [0, 0.1) is 0 Å². The van der Waals surface area contributed by atoms with Crippen LogP contribution >= 0.6 is 0 Å². The lowest BCUT2D eigenvalue weighted by Crippen LogP contribution is -2.33. The molecule has 4 heteroatoms. The van der Waals surface area contributed by atoms with E-state index in [0.29, 0.717) is 5.84 Å². The van der Waals surface area contributed by atoms with Crippen LogP contribution in [-0.2, 0) is 0 Å². The molecule has 0 bridgehead atoms. The first-order valence-corrected chi connectivity index (χ1v) is 18.7. The second-order valence-electron chi connectivity index (χ2n) is 13.9. The Kier molecular flexibility index (Phi) is 8.19. The number of amidine groups is 2. The molecule has 0 spiro atoms. The van der Waals surface area contributed by atoms with Crippen LogP contribution in [0.4, 0.5) is 0 Å². The van der Waals surface area contributed by atoms with Crippen LogP contribution in [0.15, 0.2) is 216 Å². The predicted octanol–water partition coefficient (Wildman–Crippen LogP) is 12.3. The van der Waals surface area contributed by atoms with E-state index >= 15 is 0 Å². The molecule has 1 aliphatic heterocycles. The lowest BCUT2D eigenvalue weighted by molar-refractivity contribution is 0.674. The second kappa shape index (κ2) is 13.9. The van der Waals surface area contributed by atoms with Gasteiger partial charge in [-0.1, -0.05) is 164 Å². The summed E-state index contributed by atoms with van der Waals surface area (Å²) in [6.45, 7) is 0.